The predicted octanol–water partition coefficient (Wildman–Crippen LogP) is 4.19. The maximum atomic E-state index is 13.8. The van der Waals surface area contributed by atoms with E-state index in [9.17, 15) is 24.6 Å². The number of nitrogens with one attached hydrogen (secondary N) is 1. The Morgan fingerprint density at radius 2 is 1.73 bits per heavy atom. The van der Waals surface area contributed by atoms with Gasteiger partial charge in [0.25, 0.3) is 0 Å². The van der Waals surface area contributed by atoms with Crippen LogP contribution in [0.1, 0.15) is 72.5 Å². The Bertz CT molecular complexity index is 1350. The average molecular weight is 626 g/mol. The van der Waals surface area contributed by atoms with E-state index in [4.69, 9.17) is 4.74 Å². The molecule has 10 heteroatoms. The number of piperazine rings is 1. The lowest BCUT2D eigenvalue weighted by Gasteiger charge is -2.52. The Hall–Kier alpha value is -3.40. The van der Waals surface area contributed by atoms with Crippen molar-refractivity contribution < 1.29 is 29.3 Å². The number of hydrogen-bond acceptors (Lipinski definition) is 6. The van der Waals surface area contributed by atoms with Gasteiger partial charge in [0, 0.05) is 32.6 Å². The smallest absolute Gasteiger partial charge is 0.335 e. The number of carbonyl (C=O) groups is 3. The summed E-state index contributed by atoms with van der Waals surface area (Å²) >= 11 is 0. The molecule has 2 amide bonds. The van der Waals surface area contributed by atoms with E-state index in [1.165, 1.54) is 0 Å². The zero-order valence-electron chi connectivity index (χ0n) is 25.5. The molecule has 3 N–H and O–H groups in total. The van der Waals surface area contributed by atoms with Crippen LogP contribution in [0.2, 0.25) is 0 Å². The SMILES string of the molecule is CCCCN1C(=O)[C@@H]([C@H](O)C2CC=CC2)NC(=O)C12CCN(Cc1ccc(Cc3ccc(C(=O)O)cc3OC)cc1)CC2.Cl. The fraction of sp³-hybridized carbons (Fsp3) is 0.500. The lowest BCUT2D eigenvalue weighted by molar-refractivity contribution is -0.165. The fourth-order valence-corrected chi connectivity index (χ4v) is 6.74. The highest BCUT2D eigenvalue weighted by atomic mass is 35.5. The van der Waals surface area contributed by atoms with E-state index < -0.39 is 23.7 Å². The van der Waals surface area contributed by atoms with Gasteiger partial charge >= 0.3 is 5.97 Å². The van der Waals surface area contributed by atoms with Crippen LogP contribution in [0.4, 0.5) is 0 Å². The average Bonchev–Trinajstić information content (AvgIpc) is 3.56. The number of hydrogen-bond donors (Lipinski definition) is 3. The number of allylic oxidation sites excluding steroid dienone is 2. The molecule has 0 radical (unpaired) electrons. The number of methoxy groups -OCH3 is 1. The summed E-state index contributed by atoms with van der Waals surface area (Å²) in [6, 6.07) is 12.4. The second-order valence-electron chi connectivity index (χ2n) is 12.1. The van der Waals surface area contributed by atoms with Gasteiger partial charge in [0.1, 0.15) is 17.3 Å². The van der Waals surface area contributed by atoms with Crippen LogP contribution in [0.25, 0.3) is 0 Å². The van der Waals surface area contributed by atoms with Crippen molar-refractivity contribution in [2.75, 3.05) is 26.7 Å². The van der Waals surface area contributed by atoms with E-state index in [-0.39, 0.29) is 35.7 Å². The van der Waals surface area contributed by atoms with Crippen molar-refractivity contribution in [3.05, 3.63) is 76.9 Å². The summed E-state index contributed by atoms with van der Waals surface area (Å²) in [5.74, 6) is -0.744. The van der Waals surface area contributed by atoms with Gasteiger partial charge in [0.05, 0.1) is 18.8 Å². The van der Waals surface area contributed by atoms with Gasteiger partial charge in [0.15, 0.2) is 0 Å². The number of halogens is 1. The molecule has 0 unspecified atom stereocenters. The number of carboxylic acids is 1. The molecule has 2 fully saturated rings. The van der Waals surface area contributed by atoms with E-state index in [0.29, 0.717) is 44.6 Å². The number of rotatable bonds is 11. The number of carbonyl (C=O) groups excluding carboxylic acids is 2. The summed E-state index contributed by atoms with van der Waals surface area (Å²) < 4.78 is 5.43. The highest BCUT2D eigenvalue weighted by molar-refractivity contribution is 6.00. The van der Waals surface area contributed by atoms with E-state index in [2.05, 4.69) is 41.4 Å². The Labute approximate surface area is 265 Å². The van der Waals surface area contributed by atoms with Crippen molar-refractivity contribution >= 4 is 30.2 Å². The third-order valence-corrected chi connectivity index (χ3v) is 9.40. The molecular weight excluding hydrogens is 582 g/mol. The van der Waals surface area contributed by atoms with Crippen LogP contribution < -0.4 is 10.1 Å². The van der Waals surface area contributed by atoms with Crippen LogP contribution in [-0.4, -0.2) is 82.2 Å². The molecule has 44 heavy (non-hydrogen) atoms. The Morgan fingerprint density at radius 3 is 2.34 bits per heavy atom. The number of amides is 2. The van der Waals surface area contributed by atoms with Crippen molar-refractivity contribution in [3.8, 4) is 5.75 Å². The number of aliphatic hydroxyl groups excluding tert-OH is 1. The maximum absolute atomic E-state index is 13.8. The van der Waals surface area contributed by atoms with Crippen molar-refractivity contribution in [2.45, 2.75) is 76.1 Å². The fourth-order valence-electron chi connectivity index (χ4n) is 6.74. The number of ether oxygens (including phenoxy) is 1. The summed E-state index contributed by atoms with van der Waals surface area (Å²) in [6.45, 7) is 4.74. The zero-order chi connectivity index (χ0) is 30.6. The lowest BCUT2D eigenvalue weighted by atomic mass is 9.79. The third-order valence-electron chi connectivity index (χ3n) is 9.40. The highest BCUT2D eigenvalue weighted by Crippen LogP contribution is 2.36. The molecule has 9 nitrogen and oxygen atoms in total. The van der Waals surface area contributed by atoms with E-state index in [1.54, 1.807) is 30.2 Å². The van der Waals surface area contributed by atoms with Gasteiger partial charge in [-0.15, -0.1) is 12.4 Å². The van der Waals surface area contributed by atoms with E-state index >= 15 is 0 Å². The molecule has 2 heterocycles. The minimum absolute atomic E-state index is 0. The van der Waals surface area contributed by atoms with Crippen LogP contribution in [0, 0.1) is 5.92 Å². The van der Waals surface area contributed by atoms with Gasteiger partial charge in [-0.25, -0.2) is 4.79 Å². The lowest BCUT2D eigenvalue weighted by Crippen LogP contribution is -2.75. The molecule has 238 valence electrons. The molecule has 2 atom stereocenters. The van der Waals surface area contributed by atoms with Crippen molar-refractivity contribution in [1.29, 1.82) is 0 Å². The number of likely N-dealkylation sites (tertiary alicyclic amines) is 1. The first-order valence-electron chi connectivity index (χ1n) is 15.4. The Balaban J connectivity index is 0.00000442. The molecule has 2 aromatic rings. The van der Waals surface area contributed by atoms with Crippen molar-refractivity contribution in [1.82, 2.24) is 15.1 Å². The van der Waals surface area contributed by atoms with Crippen LogP contribution in [0.5, 0.6) is 5.75 Å². The van der Waals surface area contributed by atoms with E-state index in [1.807, 2.05) is 12.2 Å². The molecule has 0 aromatic heterocycles. The molecule has 2 aromatic carbocycles. The molecule has 3 aliphatic rings. The minimum Gasteiger partial charge on any atom is -0.496 e. The largest absolute Gasteiger partial charge is 0.496 e. The molecule has 0 saturated carbocycles. The van der Waals surface area contributed by atoms with Crippen molar-refractivity contribution in [3.63, 3.8) is 0 Å². The van der Waals surface area contributed by atoms with Gasteiger partial charge in [0.2, 0.25) is 11.8 Å². The number of piperidine rings is 1. The van der Waals surface area contributed by atoms with Crippen molar-refractivity contribution in [2.24, 2.45) is 5.92 Å². The molecule has 1 aliphatic carbocycles. The van der Waals surface area contributed by atoms with Gasteiger partial charge < -0.3 is 25.2 Å². The third kappa shape index (κ3) is 6.95. The molecule has 5 rings (SSSR count). The van der Waals surface area contributed by atoms with E-state index in [0.717, 1.165) is 48.9 Å². The van der Waals surface area contributed by atoms with Gasteiger partial charge in [-0.2, -0.15) is 0 Å². The number of carboxylic acid groups (broad SMARTS) is 1. The maximum Gasteiger partial charge on any atom is 0.335 e. The van der Waals surface area contributed by atoms with Gasteiger partial charge in [-0.3, -0.25) is 14.5 Å². The monoisotopic (exact) mass is 625 g/mol. The number of aromatic carboxylic acids is 1. The number of nitrogens with zero attached hydrogens (tertiary/aromatic N) is 2. The summed E-state index contributed by atoms with van der Waals surface area (Å²) in [5.41, 5.74) is 2.50. The van der Waals surface area contributed by atoms with Gasteiger partial charge in [-0.1, -0.05) is 55.8 Å². The minimum atomic E-state index is -0.984. The number of aliphatic hydroxyl groups is 1. The second-order valence-corrected chi connectivity index (χ2v) is 12.1. The molecule has 2 saturated heterocycles. The quantitative estimate of drug-likeness (QED) is 0.320. The Kier molecular flexibility index (Phi) is 11.1. The van der Waals surface area contributed by atoms with Gasteiger partial charge in [-0.05, 0) is 66.8 Å². The topological polar surface area (TPSA) is 119 Å². The summed E-state index contributed by atoms with van der Waals surface area (Å²) in [6.07, 6.45) is 8.11. The normalized spacial score (nSPS) is 20.8. The molecule has 2 aliphatic heterocycles. The standard InChI is InChI=1S/C34H43N3O6.ClH/c1-3-4-17-37-31(39)29(30(38)25-7-5-6-8-25)35-33(42)34(37)15-18-36(19-16-34)22-24-11-9-23(10-12-24)20-26-13-14-27(32(40)41)21-28(26)43-2;/h5-6,9-14,21,25,29-30,38H,3-4,7-8,15-20,22H2,1-2H3,(H,35,42)(H,40,41);1H/t29-,30-;/m1./s1. The summed E-state index contributed by atoms with van der Waals surface area (Å²) in [7, 11) is 1.54. The first-order valence-corrected chi connectivity index (χ1v) is 15.4. The number of benzene rings is 2. The molecule has 0 bridgehead atoms. The predicted molar refractivity (Wildman–Crippen MR) is 170 cm³/mol. The summed E-state index contributed by atoms with van der Waals surface area (Å²) in [4.78, 5) is 42.9. The highest BCUT2D eigenvalue weighted by Gasteiger charge is 2.55. The zero-order valence-corrected chi connectivity index (χ0v) is 26.4. The molecule has 1 spiro atoms. The van der Waals surface area contributed by atoms with Crippen LogP contribution in [-0.2, 0) is 22.6 Å². The van der Waals surface area contributed by atoms with Crippen LogP contribution in [0.3, 0.4) is 0 Å². The summed E-state index contributed by atoms with van der Waals surface area (Å²) in [5, 5.41) is 23.2. The molecular formula is C34H44ClN3O6. The first kappa shape index (κ1) is 33.5. The van der Waals surface area contributed by atoms with Crippen LogP contribution >= 0.6 is 12.4 Å². The van der Waals surface area contributed by atoms with Crippen LogP contribution in [0.15, 0.2) is 54.6 Å². The second kappa shape index (κ2) is 14.6. The Morgan fingerprint density at radius 1 is 1.07 bits per heavy atom. The first-order chi connectivity index (χ1) is 20.8. The number of unbranched alkanes of at least 4 members (excludes halogenated alkanes) is 1.